The summed E-state index contributed by atoms with van der Waals surface area (Å²) in [6.07, 6.45) is 19.8. The van der Waals surface area contributed by atoms with Gasteiger partial charge in [0.15, 0.2) is 0 Å². The Bertz CT molecular complexity index is 407. The maximum absolute atomic E-state index is 2.50. The van der Waals surface area contributed by atoms with Crippen LogP contribution in [0.5, 0.6) is 0 Å². The van der Waals surface area contributed by atoms with Gasteiger partial charge in [0.05, 0.1) is 20.1 Å². The largest absolute Gasteiger partial charge is 0.322 e. The van der Waals surface area contributed by atoms with E-state index in [9.17, 15) is 0 Å². The molecule has 0 unspecified atom stereocenters. The van der Waals surface area contributed by atoms with Gasteiger partial charge in [0, 0.05) is 5.56 Å². The van der Waals surface area contributed by atoms with Crippen LogP contribution in [-0.4, -0.2) is 24.6 Å². The number of unbranched alkanes of at least 4 members (excludes halogenated alkanes) is 12. The summed E-state index contributed by atoms with van der Waals surface area (Å²) in [6, 6.07) is 11.2. The third-order valence-corrected chi connectivity index (χ3v) is 6.01. The Morgan fingerprint density at radius 2 is 0.963 bits per heavy atom. The summed E-state index contributed by atoms with van der Waals surface area (Å²) in [5.74, 6) is 0. The van der Waals surface area contributed by atoms with Crippen molar-refractivity contribution in [2.45, 2.75) is 110 Å². The van der Waals surface area contributed by atoms with E-state index >= 15 is 0 Å². The molecule has 0 spiro atoms. The highest BCUT2D eigenvalue weighted by atomic mass is 15.3. The molecule has 0 heterocycles. The lowest BCUT2D eigenvalue weighted by atomic mass is 10.1. The highest BCUT2D eigenvalue weighted by Crippen LogP contribution is 2.18. The molecule has 0 aliphatic rings. The lowest BCUT2D eigenvalue weighted by molar-refractivity contribution is -0.923. The standard InChI is InChI=1S/C26H48N/c1-4-6-8-10-12-14-19-23-27(3,25-26-21-17-16-18-22-26)24-20-15-13-11-9-7-5-2/h16-18,21-22H,4-15,19-20,23-25H2,1-3H3/q+1. The van der Waals surface area contributed by atoms with E-state index in [1.54, 1.807) is 0 Å². The van der Waals surface area contributed by atoms with Crippen LogP contribution in [0.3, 0.4) is 0 Å². The van der Waals surface area contributed by atoms with Crippen LogP contribution in [0.15, 0.2) is 30.3 Å². The molecule has 0 radical (unpaired) electrons. The Hall–Kier alpha value is -0.820. The number of hydrogen-bond donors (Lipinski definition) is 0. The first-order valence-corrected chi connectivity index (χ1v) is 12.1. The first kappa shape index (κ1) is 24.2. The number of rotatable bonds is 18. The second-order valence-electron chi connectivity index (χ2n) is 8.95. The van der Waals surface area contributed by atoms with E-state index in [4.69, 9.17) is 0 Å². The Balaban J connectivity index is 2.34. The van der Waals surface area contributed by atoms with E-state index in [1.165, 1.54) is 120 Å². The predicted molar refractivity (Wildman–Crippen MR) is 122 cm³/mol. The van der Waals surface area contributed by atoms with Crippen LogP contribution in [0.25, 0.3) is 0 Å². The third-order valence-electron chi connectivity index (χ3n) is 6.01. The molecule has 0 N–H and O–H groups in total. The van der Waals surface area contributed by atoms with Crippen molar-refractivity contribution in [1.29, 1.82) is 0 Å². The summed E-state index contributed by atoms with van der Waals surface area (Å²) in [5.41, 5.74) is 1.51. The summed E-state index contributed by atoms with van der Waals surface area (Å²) >= 11 is 0. The minimum absolute atomic E-state index is 1.20. The molecule has 27 heavy (non-hydrogen) atoms. The molecule has 0 atom stereocenters. The lowest BCUT2D eigenvalue weighted by Gasteiger charge is -2.35. The topological polar surface area (TPSA) is 0 Å². The third kappa shape index (κ3) is 13.1. The Labute approximate surface area is 171 Å². The van der Waals surface area contributed by atoms with E-state index in [2.05, 4.69) is 51.2 Å². The van der Waals surface area contributed by atoms with Crippen LogP contribution >= 0.6 is 0 Å². The Morgan fingerprint density at radius 3 is 1.41 bits per heavy atom. The molecule has 0 aliphatic carbocycles. The fourth-order valence-corrected chi connectivity index (χ4v) is 4.20. The fraction of sp³-hybridized carbons (Fsp3) is 0.769. The number of hydrogen-bond acceptors (Lipinski definition) is 0. The number of nitrogens with zero attached hydrogens (tertiary/aromatic N) is 1. The molecule has 1 heteroatoms. The van der Waals surface area contributed by atoms with Gasteiger partial charge < -0.3 is 4.48 Å². The molecule has 1 nitrogen and oxygen atoms in total. The molecule has 0 fully saturated rings. The normalized spacial score (nSPS) is 11.8. The summed E-state index contributed by atoms with van der Waals surface area (Å²) in [6.45, 7) is 8.50. The van der Waals surface area contributed by atoms with Gasteiger partial charge in [-0.1, -0.05) is 108 Å². The van der Waals surface area contributed by atoms with Crippen molar-refractivity contribution in [2.75, 3.05) is 20.1 Å². The van der Waals surface area contributed by atoms with E-state index in [0.717, 1.165) is 0 Å². The highest BCUT2D eigenvalue weighted by molar-refractivity contribution is 5.13. The van der Waals surface area contributed by atoms with Crippen molar-refractivity contribution in [3.05, 3.63) is 35.9 Å². The number of quaternary nitrogens is 1. The minimum atomic E-state index is 1.20. The second kappa shape index (κ2) is 16.2. The maximum Gasteiger partial charge on any atom is 0.104 e. The first-order valence-electron chi connectivity index (χ1n) is 12.1. The SMILES string of the molecule is CCCCCCCCC[N+](C)(CCCCCCCCC)Cc1ccccc1. The van der Waals surface area contributed by atoms with Crippen molar-refractivity contribution in [2.24, 2.45) is 0 Å². The van der Waals surface area contributed by atoms with E-state index in [1.807, 2.05) is 0 Å². The molecule has 1 aromatic rings. The zero-order valence-electron chi connectivity index (χ0n) is 18.9. The second-order valence-corrected chi connectivity index (χ2v) is 8.95. The van der Waals surface area contributed by atoms with Crippen molar-refractivity contribution in [3.63, 3.8) is 0 Å². The molecule has 0 bridgehead atoms. The number of benzene rings is 1. The van der Waals surface area contributed by atoms with Gasteiger partial charge in [-0.15, -0.1) is 0 Å². The van der Waals surface area contributed by atoms with Crippen LogP contribution in [0.4, 0.5) is 0 Å². The molecular weight excluding hydrogens is 326 g/mol. The van der Waals surface area contributed by atoms with Gasteiger partial charge in [0.2, 0.25) is 0 Å². The molecule has 0 aromatic heterocycles. The van der Waals surface area contributed by atoms with Crippen LogP contribution in [0.1, 0.15) is 109 Å². The van der Waals surface area contributed by atoms with Crippen molar-refractivity contribution < 1.29 is 4.48 Å². The van der Waals surface area contributed by atoms with Gasteiger partial charge in [-0.3, -0.25) is 0 Å². The summed E-state index contributed by atoms with van der Waals surface area (Å²) in [5, 5.41) is 0. The quantitative estimate of drug-likeness (QED) is 0.180. The van der Waals surface area contributed by atoms with E-state index < -0.39 is 0 Å². The minimum Gasteiger partial charge on any atom is -0.322 e. The Morgan fingerprint density at radius 1 is 0.556 bits per heavy atom. The van der Waals surface area contributed by atoms with Gasteiger partial charge in [0.25, 0.3) is 0 Å². The molecule has 156 valence electrons. The van der Waals surface area contributed by atoms with E-state index in [-0.39, 0.29) is 0 Å². The van der Waals surface area contributed by atoms with Crippen LogP contribution in [0.2, 0.25) is 0 Å². The monoisotopic (exact) mass is 374 g/mol. The van der Waals surface area contributed by atoms with Crippen LogP contribution in [-0.2, 0) is 6.54 Å². The molecule has 0 saturated heterocycles. The first-order chi connectivity index (χ1) is 13.2. The predicted octanol–water partition coefficient (Wildman–Crippen LogP) is 8.13. The molecule has 0 saturated carbocycles. The van der Waals surface area contributed by atoms with Gasteiger partial charge >= 0.3 is 0 Å². The lowest BCUT2D eigenvalue weighted by Crippen LogP contribution is -2.44. The average molecular weight is 375 g/mol. The molecule has 0 aliphatic heterocycles. The highest BCUT2D eigenvalue weighted by Gasteiger charge is 2.21. The van der Waals surface area contributed by atoms with Gasteiger partial charge in [-0.25, -0.2) is 0 Å². The Kier molecular flexibility index (Phi) is 14.5. The van der Waals surface area contributed by atoms with Gasteiger partial charge in [-0.2, -0.15) is 0 Å². The molecule has 1 rings (SSSR count). The molecular formula is C26H48N+. The smallest absolute Gasteiger partial charge is 0.104 e. The summed E-state index contributed by atoms with van der Waals surface area (Å²) in [4.78, 5) is 0. The van der Waals surface area contributed by atoms with Crippen molar-refractivity contribution >= 4 is 0 Å². The zero-order chi connectivity index (χ0) is 19.6. The van der Waals surface area contributed by atoms with Gasteiger partial charge in [-0.05, 0) is 25.7 Å². The molecule has 1 aromatic carbocycles. The van der Waals surface area contributed by atoms with Crippen molar-refractivity contribution in [1.82, 2.24) is 0 Å². The summed E-state index contributed by atoms with van der Waals surface area (Å²) < 4.78 is 1.23. The van der Waals surface area contributed by atoms with Gasteiger partial charge in [0.1, 0.15) is 6.54 Å². The molecule has 0 amide bonds. The van der Waals surface area contributed by atoms with Crippen LogP contribution < -0.4 is 0 Å². The van der Waals surface area contributed by atoms with E-state index in [0.29, 0.717) is 0 Å². The van der Waals surface area contributed by atoms with Crippen molar-refractivity contribution in [3.8, 4) is 0 Å². The zero-order valence-corrected chi connectivity index (χ0v) is 18.9. The van der Waals surface area contributed by atoms with Crippen LogP contribution in [0, 0.1) is 0 Å². The fourth-order valence-electron chi connectivity index (χ4n) is 4.20. The summed E-state index contributed by atoms with van der Waals surface area (Å²) in [7, 11) is 2.50. The average Bonchev–Trinajstić information content (AvgIpc) is 2.67. The maximum atomic E-state index is 2.50.